The van der Waals surface area contributed by atoms with Gasteiger partial charge >= 0.3 is 0 Å². The molecule has 3 rings (SSSR count). The van der Waals surface area contributed by atoms with Gasteiger partial charge in [0.1, 0.15) is 0 Å². The first-order chi connectivity index (χ1) is 9.73. The SMILES string of the molecule is OC1(CCNC2CCCC23CCOCC3)CCOCC1. The molecule has 0 radical (unpaired) electrons. The van der Waals surface area contributed by atoms with E-state index >= 15 is 0 Å². The smallest absolute Gasteiger partial charge is 0.0703 e. The summed E-state index contributed by atoms with van der Waals surface area (Å²) in [5, 5.41) is 14.3. The summed E-state index contributed by atoms with van der Waals surface area (Å²) < 4.78 is 10.9. The zero-order valence-corrected chi connectivity index (χ0v) is 12.5. The Morgan fingerprint density at radius 1 is 0.950 bits per heavy atom. The van der Waals surface area contributed by atoms with Crippen LogP contribution in [0.5, 0.6) is 0 Å². The number of hydrogen-bond donors (Lipinski definition) is 2. The number of ether oxygens (including phenoxy) is 2. The quantitative estimate of drug-likeness (QED) is 0.827. The van der Waals surface area contributed by atoms with Crippen molar-refractivity contribution in [2.45, 2.75) is 63.0 Å². The van der Waals surface area contributed by atoms with E-state index in [1.807, 2.05) is 0 Å². The van der Waals surface area contributed by atoms with Crippen LogP contribution in [-0.4, -0.2) is 49.7 Å². The predicted octanol–water partition coefficient (Wildman–Crippen LogP) is 1.86. The summed E-state index contributed by atoms with van der Waals surface area (Å²) in [4.78, 5) is 0. The number of aliphatic hydroxyl groups is 1. The van der Waals surface area contributed by atoms with E-state index < -0.39 is 5.60 Å². The minimum absolute atomic E-state index is 0.483. The molecule has 4 nitrogen and oxygen atoms in total. The van der Waals surface area contributed by atoms with Gasteiger partial charge in [0.2, 0.25) is 0 Å². The van der Waals surface area contributed by atoms with Gasteiger partial charge in [0.15, 0.2) is 0 Å². The van der Waals surface area contributed by atoms with E-state index in [0.717, 1.165) is 39.0 Å². The largest absolute Gasteiger partial charge is 0.390 e. The van der Waals surface area contributed by atoms with Gasteiger partial charge in [-0.15, -0.1) is 0 Å². The zero-order chi connectivity index (χ0) is 13.9. The minimum Gasteiger partial charge on any atom is -0.390 e. The van der Waals surface area contributed by atoms with Crippen LogP contribution >= 0.6 is 0 Å². The lowest BCUT2D eigenvalue weighted by Gasteiger charge is -2.40. The number of rotatable bonds is 4. The second-order valence-electron chi connectivity index (χ2n) is 6.96. The normalized spacial score (nSPS) is 32.5. The molecule has 3 fully saturated rings. The molecule has 20 heavy (non-hydrogen) atoms. The molecule has 116 valence electrons. The van der Waals surface area contributed by atoms with Crippen molar-refractivity contribution in [2.24, 2.45) is 5.41 Å². The van der Waals surface area contributed by atoms with Crippen LogP contribution in [0.1, 0.15) is 51.4 Å². The minimum atomic E-state index is -0.493. The summed E-state index contributed by atoms with van der Waals surface area (Å²) in [6.45, 7) is 4.21. The van der Waals surface area contributed by atoms with Crippen LogP contribution in [0.3, 0.4) is 0 Å². The fourth-order valence-electron chi connectivity index (χ4n) is 4.31. The van der Waals surface area contributed by atoms with E-state index in [9.17, 15) is 5.11 Å². The summed E-state index contributed by atoms with van der Waals surface area (Å²) in [5.74, 6) is 0. The Hall–Kier alpha value is -0.160. The van der Waals surface area contributed by atoms with Crippen LogP contribution in [0, 0.1) is 5.41 Å². The molecule has 3 aliphatic rings. The summed E-state index contributed by atoms with van der Waals surface area (Å²) in [6, 6.07) is 0.634. The van der Waals surface area contributed by atoms with E-state index in [1.165, 1.54) is 32.1 Å². The average Bonchev–Trinajstić information content (AvgIpc) is 2.83. The van der Waals surface area contributed by atoms with Gasteiger partial charge in [-0.3, -0.25) is 0 Å². The molecule has 1 aliphatic carbocycles. The van der Waals surface area contributed by atoms with Gasteiger partial charge in [-0.2, -0.15) is 0 Å². The molecule has 2 N–H and O–H groups in total. The summed E-state index contributed by atoms with van der Waals surface area (Å²) in [7, 11) is 0. The van der Waals surface area contributed by atoms with Gasteiger partial charge in [0.05, 0.1) is 5.60 Å². The first kappa shape index (κ1) is 14.8. The molecule has 1 atom stereocenters. The molecule has 2 heterocycles. The van der Waals surface area contributed by atoms with Crippen LogP contribution < -0.4 is 5.32 Å². The lowest BCUT2D eigenvalue weighted by molar-refractivity contribution is -0.0685. The van der Waals surface area contributed by atoms with Crippen molar-refractivity contribution < 1.29 is 14.6 Å². The van der Waals surface area contributed by atoms with Gasteiger partial charge < -0.3 is 19.9 Å². The Morgan fingerprint density at radius 2 is 1.60 bits per heavy atom. The van der Waals surface area contributed by atoms with Gasteiger partial charge in [0, 0.05) is 32.5 Å². The first-order valence-corrected chi connectivity index (χ1v) is 8.34. The molecule has 0 bridgehead atoms. The molecule has 0 aromatic carbocycles. The molecule has 2 aliphatic heterocycles. The molecule has 0 aromatic rings. The summed E-state index contributed by atoms with van der Waals surface area (Å²) >= 11 is 0. The third-order valence-corrected chi connectivity index (χ3v) is 5.80. The van der Waals surface area contributed by atoms with Crippen molar-refractivity contribution in [1.29, 1.82) is 0 Å². The van der Waals surface area contributed by atoms with Crippen molar-refractivity contribution in [3.8, 4) is 0 Å². The Balaban J connectivity index is 1.47. The molecule has 1 saturated carbocycles. The second kappa shape index (κ2) is 6.30. The van der Waals surface area contributed by atoms with Crippen LogP contribution in [-0.2, 0) is 9.47 Å². The molecule has 0 aromatic heterocycles. The van der Waals surface area contributed by atoms with Crippen molar-refractivity contribution in [1.82, 2.24) is 5.32 Å². The van der Waals surface area contributed by atoms with Gasteiger partial charge in [-0.1, -0.05) is 6.42 Å². The first-order valence-electron chi connectivity index (χ1n) is 8.34. The molecule has 4 heteroatoms. The predicted molar refractivity (Wildman–Crippen MR) is 77.7 cm³/mol. The number of nitrogens with one attached hydrogen (secondary N) is 1. The molecule has 1 unspecified atom stereocenters. The Labute approximate surface area is 122 Å². The third kappa shape index (κ3) is 3.19. The Kier molecular flexibility index (Phi) is 4.65. The molecule has 2 saturated heterocycles. The summed E-state index contributed by atoms with van der Waals surface area (Å²) in [6.07, 6.45) is 8.85. The maximum absolute atomic E-state index is 10.5. The monoisotopic (exact) mass is 283 g/mol. The van der Waals surface area contributed by atoms with Crippen molar-refractivity contribution >= 4 is 0 Å². The Morgan fingerprint density at radius 3 is 2.30 bits per heavy atom. The van der Waals surface area contributed by atoms with Crippen LogP contribution in [0.15, 0.2) is 0 Å². The number of hydrogen-bond acceptors (Lipinski definition) is 4. The lowest BCUT2D eigenvalue weighted by Crippen LogP contribution is -2.47. The van der Waals surface area contributed by atoms with Crippen LogP contribution in [0.4, 0.5) is 0 Å². The highest BCUT2D eigenvalue weighted by Gasteiger charge is 2.43. The van der Waals surface area contributed by atoms with Gasteiger partial charge in [-0.05, 0) is 56.9 Å². The highest BCUT2D eigenvalue weighted by molar-refractivity contribution is 4.98. The van der Waals surface area contributed by atoms with E-state index in [1.54, 1.807) is 0 Å². The highest BCUT2D eigenvalue weighted by atomic mass is 16.5. The van der Waals surface area contributed by atoms with Gasteiger partial charge in [0.25, 0.3) is 0 Å². The van der Waals surface area contributed by atoms with Gasteiger partial charge in [-0.25, -0.2) is 0 Å². The maximum atomic E-state index is 10.5. The standard InChI is InChI=1S/C16H29NO3/c18-16(7-12-20-13-8-16)4-9-17-14-2-1-3-15(14)5-10-19-11-6-15/h14,17-18H,1-13H2. The fourth-order valence-corrected chi connectivity index (χ4v) is 4.31. The Bertz CT molecular complexity index is 309. The average molecular weight is 283 g/mol. The second-order valence-corrected chi connectivity index (χ2v) is 6.96. The maximum Gasteiger partial charge on any atom is 0.0703 e. The fraction of sp³-hybridized carbons (Fsp3) is 1.00. The highest BCUT2D eigenvalue weighted by Crippen LogP contribution is 2.46. The van der Waals surface area contributed by atoms with E-state index in [-0.39, 0.29) is 0 Å². The summed E-state index contributed by atoms with van der Waals surface area (Å²) in [5.41, 5.74) is -0.0107. The van der Waals surface area contributed by atoms with E-state index in [0.29, 0.717) is 24.7 Å². The molecule has 0 amide bonds. The van der Waals surface area contributed by atoms with Crippen molar-refractivity contribution in [2.75, 3.05) is 33.0 Å². The lowest BCUT2D eigenvalue weighted by atomic mass is 9.75. The van der Waals surface area contributed by atoms with E-state index in [2.05, 4.69) is 5.32 Å². The van der Waals surface area contributed by atoms with Crippen molar-refractivity contribution in [3.05, 3.63) is 0 Å². The van der Waals surface area contributed by atoms with Crippen LogP contribution in [0.2, 0.25) is 0 Å². The van der Waals surface area contributed by atoms with Crippen LogP contribution in [0.25, 0.3) is 0 Å². The van der Waals surface area contributed by atoms with Crippen molar-refractivity contribution in [3.63, 3.8) is 0 Å². The molecule has 1 spiro atoms. The molecular formula is C16H29NO3. The van der Waals surface area contributed by atoms with E-state index in [4.69, 9.17) is 9.47 Å². The third-order valence-electron chi connectivity index (χ3n) is 5.80. The molecular weight excluding hydrogens is 254 g/mol. The topological polar surface area (TPSA) is 50.7 Å². The zero-order valence-electron chi connectivity index (χ0n) is 12.5.